The fourth-order valence-electron chi connectivity index (χ4n) is 2.61. The Morgan fingerprint density at radius 1 is 1.29 bits per heavy atom. The minimum absolute atomic E-state index is 0.243. The van der Waals surface area contributed by atoms with E-state index in [-0.39, 0.29) is 5.91 Å². The largest absolute Gasteiger partial charge is 0.416 e. The quantitative estimate of drug-likeness (QED) is 0.901. The van der Waals surface area contributed by atoms with Crippen LogP contribution >= 0.6 is 0 Å². The van der Waals surface area contributed by atoms with Crippen LogP contribution in [0.3, 0.4) is 0 Å². The smallest absolute Gasteiger partial charge is 0.392 e. The summed E-state index contributed by atoms with van der Waals surface area (Å²) in [5.74, 6) is -0.658. The molecule has 1 aliphatic carbocycles. The molecular formula is C15H18F3NO2. The first-order chi connectivity index (χ1) is 9.79. The third kappa shape index (κ3) is 3.75. The molecule has 0 radical (unpaired) electrons. The zero-order valence-electron chi connectivity index (χ0n) is 11.7. The summed E-state index contributed by atoms with van der Waals surface area (Å²) in [6, 6.07) is 4.33. The molecule has 0 heterocycles. The van der Waals surface area contributed by atoms with E-state index in [1.54, 1.807) is 6.92 Å². The molecule has 3 nitrogen and oxygen atoms in total. The lowest BCUT2D eigenvalue weighted by Crippen LogP contribution is -2.36. The molecular weight excluding hydrogens is 283 g/mol. The lowest BCUT2D eigenvalue weighted by Gasteiger charge is -2.19. The zero-order valence-corrected chi connectivity index (χ0v) is 11.7. The van der Waals surface area contributed by atoms with E-state index in [0.29, 0.717) is 18.4 Å². The van der Waals surface area contributed by atoms with Crippen LogP contribution in [0.25, 0.3) is 0 Å². The first-order valence-electron chi connectivity index (χ1n) is 6.94. The highest BCUT2D eigenvalue weighted by molar-refractivity contribution is 5.80. The highest BCUT2D eigenvalue weighted by atomic mass is 19.4. The molecule has 3 atom stereocenters. The molecule has 2 N–H and O–H groups in total. The Hall–Kier alpha value is -1.56. The van der Waals surface area contributed by atoms with Crippen LogP contribution in [0.1, 0.15) is 43.4 Å². The van der Waals surface area contributed by atoms with Gasteiger partial charge in [-0.15, -0.1) is 0 Å². The minimum atomic E-state index is -4.36. The predicted octanol–water partition coefficient (Wildman–Crippen LogP) is 3.04. The van der Waals surface area contributed by atoms with Gasteiger partial charge in [0.1, 0.15) is 0 Å². The summed E-state index contributed by atoms with van der Waals surface area (Å²) >= 11 is 0. The number of aliphatic hydroxyl groups is 1. The van der Waals surface area contributed by atoms with Crippen LogP contribution < -0.4 is 5.32 Å². The van der Waals surface area contributed by atoms with Gasteiger partial charge < -0.3 is 10.4 Å². The summed E-state index contributed by atoms with van der Waals surface area (Å²) in [4.78, 5) is 12.0. The number of aliphatic hydroxyl groups excluding tert-OH is 1. The Labute approximate surface area is 121 Å². The number of hydrogen-bond acceptors (Lipinski definition) is 2. The highest BCUT2D eigenvalue weighted by Gasteiger charge is 2.32. The lowest BCUT2D eigenvalue weighted by atomic mass is 10.0. The van der Waals surface area contributed by atoms with E-state index in [4.69, 9.17) is 0 Å². The standard InChI is InChI=1S/C15H18F3NO2/c1-9(19-14(21)12-3-2-4-13(12)20)10-5-7-11(8-6-10)15(16,17)18/h5-9,12-13,20H,2-4H2,1H3,(H,19,21). The monoisotopic (exact) mass is 301 g/mol. The first-order valence-corrected chi connectivity index (χ1v) is 6.94. The van der Waals surface area contributed by atoms with Crippen LogP contribution in [0.15, 0.2) is 24.3 Å². The van der Waals surface area contributed by atoms with Gasteiger partial charge in [0.25, 0.3) is 0 Å². The van der Waals surface area contributed by atoms with Crippen molar-refractivity contribution in [2.45, 2.75) is 44.5 Å². The average Bonchev–Trinajstić information content (AvgIpc) is 2.84. The van der Waals surface area contributed by atoms with Crippen molar-refractivity contribution in [3.05, 3.63) is 35.4 Å². The van der Waals surface area contributed by atoms with Crippen LogP contribution in [0.4, 0.5) is 13.2 Å². The second-order valence-corrected chi connectivity index (χ2v) is 5.45. The van der Waals surface area contributed by atoms with Gasteiger partial charge in [-0.3, -0.25) is 4.79 Å². The molecule has 1 fully saturated rings. The Balaban J connectivity index is 2.00. The molecule has 0 bridgehead atoms. The molecule has 0 aliphatic heterocycles. The molecule has 1 aromatic rings. The van der Waals surface area contributed by atoms with Gasteiger partial charge in [0.15, 0.2) is 0 Å². The minimum Gasteiger partial charge on any atom is -0.392 e. The molecule has 0 saturated heterocycles. The van der Waals surface area contributed by atoms with E-state index < -0.39 is 29.8 Å². The summed E-state index contributed by atoms with van der Waals surface area (Å²) in [6.07, 6.45) is -2.91. The van der Waals surface area contributed by atoms with Gasteiger partial charge in [0.2, 0.25) is 5.91 Å². The Morgan fingerprint density at radius 2 is 1.90 bits per heavy atom. The number of hydrogen-bond donors (Lipinski definition) is 2. The van der Waals surface area contributed by atoms with E-state index >= 15 is 0 Å². The summed E-state index contributed by atoms with van der Waals surface area (Å²) in [5.41, 5.74) is -0.111. The van der Waals surface area contributed by atoms with Crippen LogP contribution in [0.5, 0.6) is 0 Å². The van der Waals surface area contributed by atoms with Crippen LogP contribution in [-0.4, -0.2) is 17.1 Å². The van der Waals surface area contributed by atoms with Crippen LogP contribution in [0, 0.1) is 5.92 Å². The van der Waals surface area contributed by atoms with Crippen molar-refractivity contribution in [3.63, 3.8) is 0 Å². The fraction of sp³-hybridized carbons (Fsp3) is 0.533. The molecule has 1 aromatic carbocycles. The Morgan fingerprint density at radius 3 is 2.38 bits per heavy atom. The van der Waals surface area contributed by atoms with Gasteiger partial charge >= 0.3 is 6.18 Å². The number of rotatable bonds is 3. The fourth-order valence-corrected chi connectivity index (χ4v) is 2.61. The number of nitrogens with one attached hydrogen (secondary N) is 1. The second-order valence-electron chi connectivity index (χ2n) is 5.45. The summed E-state index contributed by atoms with van der Waals surface area (Å²) in [5, 5.41) is 12.4. The van der Waals surface area contributed by atoms with Gasteiger partial charge in [-0.1, -0.05) is 12.1 Å². The maximum atomic E-state index is 12.5. The Kier molecular flexibility index (Phi) is 4.56. The lowest BCUT2D eigenvalue weighted by molar-refractivity contribution is -0.137. The molecule has 116 valence electrons. The van der Waals surface area contributed by atoms with Crippen molar-refractivity contribution in [1.82, 2.24) is 5.32 Å². The van der Waals surface area contributed by atoms with E-state index in [1.807, 2.05) is 0 Å². The number of benzene rings is 1. The van der Waals surface area contributed by atoms with Crippen molar-refractivity contribution in [2.75, 3.05) is 0 Å². The molecule has 21 heavy (non-hydrogen) atoms. The molecule has 2 rings (SSSR count). The maximum Gasteiger partial charge on any atom is 0.416 e. The third-order valence-corrected chi connectivity index (χ3v) is 3.91. The molecule has 1 saturated carbocycles. The summed E-state index contributed by atoms with van der Waals surface area (Å²) in [7, 11) is 0. The zero-order chi connectivity index (χ0) is 15.6. The normalized spacial score (nSPS) is 23.9. The average molecular weight is 301 g/mol. The van der Waals surface area contributed by atoms with Gasteiger partial charge in [0.05, 0.1) is 23.6 Å². The molecule has 6 heteroatoms. The Bertz CT molecular complexity index is 499. The maximum absolute atomic E-state index is 12.5. The third-order valence-electron chi connectivity index (χ3n) is 3.91. The number of carbonyl (C=O) groups is 1. The van der Waals surface area contributed by atoms with Gasteiger partial charge in [-0.2, -0.15) is 13.2 Å². The van der Waals surface area contributed by atoms with Crippen molar-refractivity contribution in [2.24, 2.45) is 5.92 Å². The second kappa shape index (κ2) is 6.05. The van der Waals surface area contributed by atoms with Crippen molar-refractivity contribution < 1.29 is 23.1 Å². The molecule has 0 aromatic heterocycles. The number of halogens is 3. The van der Waals surface area contributed by atoms with Gasteiger partial charge in [-0.25, -0.2) is 0 Å². The molecule has 1 aliphatic rings. The van der Waals surface area contributed by atoms with Gasteiger partial charge in [-0.05, 0) is 43.9 Å². The number of amides is 1. The van der Waals surface area contributed by atoms with Crippen LogP contribution in [-0.2, 0) is 11.0 Å². The van der Waals surface area contributed by atoms with Crippen molar-refractivity contribution in [3.8, 4) is 0 Å². The predicted molar refractivity (Wildman–Crippen MR) is 71.3 cm³/mol. The molecule has 0 spiro atoms. The molecule has 1 amide bonds. The molecule has 3 unspecified atom stereocenters. The number of carbonyl (C=O) groups excluding carboxylic acids is 1. The first kappa shape index (κ1) is 15.8. The summed E-state index contributed by atoms with van der Waals surface area (Å²) in [6.45, 7) is 1.71. The number of alkyl halides is 3. The SMILES string of the molecule is CC(NC(=O)C1CCCC1O)c1ccc(C(F)(F)F)cc1. The van der Waals surface area contributed by atoms with Crippen molar-refractivity contribution >= 4 is 5.91 Å². The van der Waals surface area contributed by atoms with E-state index in [2.05, 4.69) is 5.32 Å². The van der Waals surface area contributed by atoms with Crippen LogP contribution in [0.2, 0.25) is 0 Å². The highest BCUT2D eigenvalue weighted by Crippen LogP contribution is 2.30. The summed E-state index contributed by atoms with van der Waals surface area (Å²) < 4.78 is 37.4. The van der Waals surface area contributed by atoms with E-state index in [9.17, 15) is 23.1 Å². The van der Waals surface area contributed by atoms with E-state index in [0.717, 1.165) is 18.6 Å². The van der Waals surface area contributed by atoms with Gasteiger partial charge in [0, 0.05) is 0 Å². The van der Waals surface area contributed by atoms with E-state index in [1.165, 1.54) is 12.1 Å². The van der Waals surface area contributed by atoms with Crippen molar-refractivity contribution in [1.29, 1.82) is 0 Å². The topological polar surface area (TPSA) is 49.3 Å².